The van der Waals surface area contributed by atoms with Crippen molar-refractivity contribution >= 4 is 22.7 Å². The molecular formula is C8H9N4O2S+. The zero-order valence-electron chi connectivity index (χ0n) is 7.74. The Balaban J connectivity index is 2.36. The molecule has 0 aliphatic carbocycles. The quantitative estimate of drug-likeness (QED) is 0.678. The van der Waals surface area contributed by atoms with Gasteiger partial charge < -0.3 is 0 Å². The Labute approximate surface area is 87.1 Å². The monoisotopic (exact) mass is 225 g/mol. The van der Waals surface area contributed by atoms with Gasteiger partial charge in [0, 0.05) is 6.20 Å². The summed E-state index contributed by atoms with van der Waals surface area (Å²) in [7, 11) is -3.52. The summed E-state index contributed by atoms with van der Waals surface area (Å²) in [6.07, 6.45) is 4.07. The Morgan fingerprint density at radius 1 is 1.33 bits per heavy atom. The number of rotatable bonds is 2. The maximum atomic E-state index is 11.9. The molecule has 1 unspecified atom stereocenters. The van der Waals surface area contributed by atoms with Crippen LogP contribution >= 0.6 is 0 Å². The van der Waals surface area contributed by atoms with Gasteiger partial charge in [-0.05, 0) is 12.1 Å². The molecule has 0 bridgehead atoms. The van der Waals surface area contributed by atoms with E-state index in [0.29, 0.717) is 0 Å². The summed E-state index contributed by atoms with van der Waals surface area (Å²) < 4.78 is 24.0. The highest BCUT2D eigenvalue weighted by molar-refractivity contribution is 7.85. The van der Waals surface area contributed by atoms with E-state index in [-0.39, 0.29) is 16.0 Å². The summed E-state index contributed by atoms with van der Waals surface area (Å²) in [5, 5.41) is 0.0311. The van der Waals surface area contributed by atoms with Crippen LogP contribution in [-0.2, 0) is 10.0 Å². The van der Waals surface area contributed by atoms with Gasteiger partial charge in [-0.15, -0.1) is 0 Å². The second-order valence-corrected chi connectivity index (χ2v) is 4.82. The van der Waals surface area contributed by atoms with Crippen molar-refractivity contribution in [2.24, 2.45) is 9.98 Å². The summed E-state index contributed by atoms with van der Waals surface area (Å²) in [5.74, 6) is 0. The summed E-state index contributed by atoms with van der Waals surface area (Å²) in [6, 6.07) is 4.75. The molecule has 0 aromatic carbocycles. The van der Waals surface area contributed by atoms with Crippen molar-refractivity contribution in [1.82, 2.24) is 4.98 Å². The third-order valence-electron chi connectivity index (χ3n) is 1.87. The zero-order valence-corrected chi connectivity index (χ0v) is 8.55. The number of nitrogens with one attached hydrogen (secondary N) is 1. The minimum Gasteiger partial charge on any atom is -0.240 e. The first-order chi connectivity index (χ1) is 7.21. The fraction of sp³-hybridized carbons (Fsp3) is 0.125. The molecule has 15 heavy (non-hydrogen) atoms. The molecule has 0 amide bonds. The van der Waals surface area contributed by atoms with Gasteiger partial charge in [0.1, 0.15) is 6.34 Å². The minimum absolute atomic E-state index is 0.0311. The Bertz CT molecular complexity index is 495. The van der Waals surface area contributed by atoms with E-state index >= 15 is 0 Å². The van der Waals surface area contributed by atoms with Crippen LogP contribution in [0, 0.1) is 0 Å². The van der Waals surface area contributed by atoms with E-state index in [1.807, 2.05) is 0 Å². The molecule has 0 saturated heterocycles. The number of pyridine rings is 1. The number of hydrogen-bond acceptors (Lipinski definition) is 5. The number of aliphatic imine (C=N–C) groups is 2. The fourth-order valence-corrected chi connectivity index (χ4v) is 2.30. The van der Waals surface area contributed by atoms with Gasteiger partial charge in [0.2, 0.25) is 11.4 Å². The van der Waals surface area contributed by atoms with Gasteiger partial charge in [-0.25, -0.2) is 9.98 Å². The molecule has 7 heteroatoms. The highest BCUT2D eigenvalue weighted by Gasteiger charge is 2.28. The van der Waals surface area contributed by atoms with Crippen molar-refractivity contribution < 1.29 is 12.7 Å². The van der Waals surface area contributed by atoms with Crippen LogP contribution in [0.3, 0.4) is 0 Å². The number of aromatic nitrogens is 1. The number of quaternary nitrogens is 1. The van der Waals surface area contributed by atoms with Crippen molar-refractivity contribution in [2.75, 3.05) is 6.67 Å². The van der Waals surface area contributed by atoms with Crippen LogP contribution in [0.2, 0.25) is 0 Å². The third kappa shape index (κ3) is 1.92. The van der Waals surface area contributed by atoms with Gasteiger partial charge in [-0.2, -0.15) is 17.7 Å². The van der Waals surface area contributed by atoms with Crippen molar-refractivity contribution in [1.29, 1.82) is 0 Å². The van der Waals surface area contributed by atoms with E-state index in [1.165, 1.54) is 24.9 Å². The third-order valence-corrected chi connectivity index (χ3v) is 3.59. The molecule has 1 aromatic heterocycles. The average Bonchev–Trinajstić information content (AvgIpc) is 2.31. The van der Waals surface area contributed by atoms with Crippen LogP contribution in [0.15, 0.2) is 39.4 Å². The van der Waals surface area contributed by atoms with Crippen molar-refractivity contribution in [3.05, 3.63) is 24.4 Å². The minimum atomic E-state index is -3.52. The first-order valence-electron chi connectivity index (χ1n) is 4.25. The van der Waals surface area contributed by atoms with Crippen molar-refractivity contribution in [3.63, 3.8) is 0 Å². The molecule has 1 aromatic rings. The number of nitrogens with zero attached hydrogens (tertiary/aromatic N) is 3. The van der Waals surface area contributed by atoms with E-state index < -0.39 is 10.0 Å². The number of sulfonamides is 1. The van der Waals surface area contributed by atoms with Crippen LogP contribution < -0.4 is 4.31 Å². The summed E-state index contributed by atoms with van der Waals surface area (Å²) in [6.45, 7) is 0.127. The van der Waals surface area contributed by atoms with E-state index in [0.717, 1.165) is 0 Å². The van der Waals surface area contributed by atoms with E-state index in [2.05, 4.69) is 15.0 Å². The Morgan fingerprint density at radius 3 is 2.80 bits per heavy atom. The standard InChI is InChI=1S/C8H8N4O2S/c13-15(14,8-3-1-2-4-11-8)12-6-9-5-10-7-12/h1-6H,7H2/p+1. The van der Waals surface area contributed by atoms with Crippen LogP contribution in [0.25, 0.3) is 0 Å². The fourth-order valence-electron chi connectivity index (χ4n) is 1.13. The largest absolute Gasteiger partial charge is 0.350 e. The molecule has 1 N–H and O–H groups in total. The van der Waals surface area contributed by atoms with Crippen molar-refractivity contribution in [2.45, 2.75) is 5.03 Å². The predicted octanol–water partition coefficient (Wildman–Crippen LogP) is -1.32. The second-order valence-electron chi connectivity index (χ2n) is 2.87. The molecule has 0 saturated carbocycles. The summed E-state index contributed by atoms with van der Waals surface area (Å²) in [5.41, 5.74) is 0. The Morgan fingerprint density at radius 2 is 2.20 bits per heavy atom. The maximum absolute atomic E-state index is 11.9. The topological polar surface area (TPSA) is 76.2 Å². The first-order valence-corrected chi connectivity index (χ1v) is 5.73. The van der Waals surface area contributed by atoms with Crippen LogP contribution in [0.1, 0.15) is 0 Å². The van der Waals surface area contributed by atoms with Crippen LogP contribution in [0.4, 0.5) is 0 Å². The Hall–Kier alpha value is -1.60. The van der Waals surface area contributed by atoms with E-state index in [9.17, 15) is 8.42 Å². The molecule has 2 heterocycles. The smallest absolute Gasteiger partial charge is 0.240 e. The molecule has 6 nitrogen and oxygen atoms in total. The molecule has 0 fully saturated rings. The van der Waals surface area contributed by atoms with E-state index in [1.54, 1.807) is 12.1 Å². The maximum Gasteiger partial charge on any atom is 0.350 e. The highest BCUT2D eigenvalue weighted by Crippen LogP contribution is 1.99. The average molecular weight is 225 g/mol. The van der Waals surface area contributed by atoms with Gasteiger partial charge in [0.15, 0.2) is 6.67 Å². The number of hydrogen-bond donors (Lipinski definition) is 1. The van der Waals surface area contributed by atoms with Crippen LogP contribution in [-0.4, -0.2) is 32.7 Å². The molecule has 0 spiro atoms. The lowest BCUT2D eigenvalue weighted by Crippen LogP contribution is -3.13. The highest BCUT2D eigenvalue weighted by atomic mass is 32.2. The summed E-state index contributed by atoms with van der Waals surface area (Å²) >= 11 is 0. The predicted molar refractivity (Wildman–Crippen MR) is 54.2 cm³/mol. The summed E-state index contributed by atoms with van der Waals surface area (Å²) in [4.78, 5) is 11.3. The molecule has 2 rings (SSSR count). The van der Waals surface area contributed by atoms with Gasteiger partial charge >= 0.3 is 10.0 Å². The first kappa shape index (κ1) is 9.94. The molecule has 1 atom stereocenters. The molecule has 1 aliphatic rings. The second kappa shape index (κ2) is 3.87. The molecule has 1 aliphatic heterocycles. The van der Waals surface area contributed by atoms with Crippen molar-refractivity contribution in [3.8, 4) is 0 Å². The Kier molecular flexibility index (Phi) is 2.57. The molecular weight excluding hydrogens is 216 g/mol. The van der Waals surface area contributed by atoms with Crippen LogP contribution in [0.5, 0.6) is 0 Å². The van der Waals surface area contributed by atoms with E-state index in [4.69, 9.17) is 0 Å². The molecule has 78 valence electrons. The van der Waals surface area contributed by atoms with Gasteiger partial charge in [0.05, 0.1) is 0 Å². The lowest BCUT2D eigenvalue weighted by atomic mass is 10.5. The zero-order chi connectivity index (χ0) is 10.7. The molecule has 0 radical (unpaired) electrons. The van der Waals surface area contributed by atoms with Gasteiger partial charge in [-0.3, -0.25) is 0 Å². The SMILES string of the molecule is O=S(=O)(c1ccccn1)[NH+]1C=NC=NC1. The normalized spacial score (nSPS) is 20.4. The lowest BCUT2D eigenvalue weighted by molar-refractivity contribution is -0.652. The van der Waals surface area contributed by atoms with Gasteiger partial charge in [0.25, 0.3) is 0 Å². The van der Waals surface area contributed by atoms with Gasteiger partial charge in [-0.1, -0.05) is 6.07 Å². The lowest BCUT2D eigenvalue weighted by Gasteiger charge is -2.11.